The van der Waals surface area contributed by atoms with Gasteiger partial charge in [0.2, 0.25) is 0 Å². The quantitative estimate of drug-likeness (QED) is 0.890. The third-order valence-corrected chi connectivity index (χ3v) is 3.35. The van der Waals surface area contributed by atoms with E-state index in [4.69, 9.17) is 5.73 Å². The summed E-state index contributed by atoms with van der Waals surface area (Å²) in [5.74, 6) is 0. The lowest BCUT2D eigenvalue weighted by atomic mass is 10.0. The van der Waals surface area contributed by atoms with Gasteiger partial charge in [-0.3, -0.25) is 0 Å². The molecule has 0 bridgehead atoms. The minimum Gasteiger partial charge on any atom is -0.377 e. The van der Waals surface area contributed by atoms with Gasteiger partial charge in [0.25, 0.3) is 0 Å². The van der Waals surface area contributed by atoms with Crippen molar-refractivity contribution >= 4 is 5.69 Å². The van der Waals surface area contributed by atoms with Gasteiger partial charge in [0.1, 0.15) is 0 Å². The monoisotopic (exact) mass is 294 g/mol. The molecular formula is C16H17F3N2. The number of alkyl halides is 3. The predicted molar refractivity (Wildman–Crippen MR) is 78.0 cm³/mol. The van der Waals surface area contributed by atoms with Gasteiger partial charge in [-0.1, -0.05) is 30.3 Å². The van der Waals surface area contributed by atoms with Crippen LogP contribution in [0, 0.1) is 6.92 Å². The van der Waals surface area contributed by atoms with Crippen LogP contribution < -0.4 is 11.1 Å². The third kappa shape index (κ3) is 3.76. The number of halogens is 3. The van der Waals surface area contributed by atoms with E-state index in [0.717, 1.165) is 28.9 Å². The van der Waals surface area contributed by atoms with E-state index in [2.05, 4.69) is 5.32 Å². The van der Waals surface area contributed by atoms with Crippen LogP contribution in [0.3, 0.4) is 0 Å². The summed E-state index contributed by atoms with van der Waals surface area (Å²) in [4.78, 5) is 0. The Morgan fingerprint density at radius 2 is 1.67 bits per heavy atom. The Morgan fingerprint density at radius 1 is 1.05 bits per heavy atom. The molecule has 0 amide bonds. The van der Waals surface area contributed by atoms with E-state index >= 15 is 0 Å². The minimum atomic E-state index is -4.32. The SMILES string of the molecule is Cc1ccccc1NC(CN)c1ccc(C(F)(F)F)cc1. The second-order valence-corrected chi connectivity index (χ2v) is 4.87. The molecule has 0 spiro atoms. The summed E-state index contributed by atoms with van der Waals surface area (Å²) < 4.78 is 37.7. The molecule has 1 unspecified atom stereocenters. The summed E-state index contributed by atoms with van der Waals surface area (Å²) in [5.41, 5.74) is 7.80. The van der Waals surface area contributed by atoms with Crippen molar-refractivity contribution in [1.29, 1.82) is 0 Å². The maximum Gasteiger partial charge on any atom is 0.416 e. The third-order valence-electron chi connectivity index (χ3n) is 3.35. The molecule has 2 aromatic rings. The highest BCUT2D eigenvalue weighted by Gasteiger charge is 2.30. The summed E-state index contributed by atoms with van der Waals surface area (Å²) >= 11 is 0. The highest BCUT2D eigenvalue weighted by atomic mass is 19.4. The molecule has 0 aromatic heterocycles. The number of rotatable bonds is 4. The number of benzene rings is 2. The molecule has 0 saturated heterocycles. The number of para-hydroxylation sites is 1. The van der Waals surface area contributed by atoms with Gasteiger partial charge >= 0.3 is 6.18 Å². The molecule has 2 aromatic carbocycles. The van der Waals surface area contributed by atoms with Crippen molar-refractivity contribution in [2.45, 2.75) is 19.1 Å². The zero-order chi connectivity index (χ0) is 15.5. The predicted octanol–water partition coefficient (Wildman–Crippen LogP) is 4.13. The van der Waals surface area contributed by atoms with Crippen molar-refractivity contribution in [3.8, 4) is 0 Å². The van der Waals surface area contributed by atoms with Crippen LogP contribution in [0.25, 0.3) is 0 Å². The number of aryl methyl sites for hydroxylation is 1. The van der Waals surface area contributed by atoms with E-state index in [0.29, 0.717) is 6.54 Å². The molecule has 0 heterocycles. The van der Waals surface area contributed by atoms with Crippen molar-refractivity contribution in [2.75, 3.05) is 11.9 Å². The van der Waals surface area contributed by atoms with Crippen molar-refractivity contribution in [1.82, 2.24) is 0 Å². The Balaban J connectivity index is 2.20. The van der Waals surface area contributed by atoms with Crippen LogP contribution in [0.4, 0.5) is 18.9 Å². The number of hydrogen-bond donors (Lipinski definition) is 2. The topological polar surface area (TPSA) is 38.0 Å². The zero-order valence-electron chi connectivity index (χ0n) is 11.6. The van der Waals surface area contributed by atoms with Crippen LogP contribution in [0.15, 0.2) is 48.5 Å². The number of nitrogens with one attached hydrogen (secondary N) is 1. The van der Waals surface area contributed by atoms with Crippen LogP contribution in [0.1, 0.15) is 22.7 Å². The summed E-state index contributed by atoms with van der Waals surface area (Å²) in [5, 5.41) is 3.27. The molecular weight excluding hydrogens is 277 g/mol. The fourth-order valence-electron chi connectivity index (χ4n) is 2.11. The van der Waals surface area contributed by atoms with Gasteiger partial charge in [0.15, 0.2) is 0 Å². The Kier molecular flexibility index (Phi) is 4.53. The first kappa shape index (κ1) is 15.4. The fraction of sp³-hybridized carbons (Fsp3) is 0.250. The van der Waals surface area contributed by atoms with E-state index in [1.165, 1.54) is 12.1 Å². The van der Waals surface area contributed by atoms with Crippen molar-refractivity contribution in [3.63, 3.8) is 0 Å². The highest BCUT2D eigenvalue weighted by Crippen LogP contribution is 2.30. The summed E-state index contributed by atoms with van der Waals surface area (Å²) in [6, 6.07) is 12.6. The second-order valence-electron chi connectivity index (χ2n) is 4.87. The summed E-state index contributed by atoms with van der Waals surface area (Å²) in [6.07, 6.45) is -4.32. The molecule has 0 aliphatic carbocycles. The molecule has 0 aliphatic heterocycles. The molecule has 0 fully saturated rings. The van der Waals surface area contributed by atoms with Gasteiger partial charge in [-0.15, -0.1) is 0 Å². The summed E-state index contributed by atoms with van der Waals surface area (Å²) in [6.45, 7) is 2.25. The van der Waals surface area contributed by atoms with Gasteiger partial charge in [0.05, 0.1) is 11.6 Å². The maximum atomic E-state index is 12.6. The molecule has 5 heteroatoms. The standard InChI is InChI=1S/C16H17F3N2/c1-11-4-2-3-5-14(11)21-15(10-20)12-6-8-13(9-7-12)16(17,18)19/h2-9,15,21H,10,20H2,1H3. The van der Waals surface area contributed by atoms with Crippen LogP contribution >= 0.6 is 0 Å². The highest BCUT2D eigenvalue weighted by molar-refractivity contribution is 5.52. The number of anilines is 1. The van der Waals surface area contributed by atoms with Gasteiger partial charge in [0, 0.05) is 12.2 Å². The molecule has 2 nitrogen and oxygen atoms in total. The van der Waals surface area contributed by atoms with Crippen LogP contribution in [0.2, 0.25) is 0 Å². The normalized spacial score (nSPS) is 13.0. The number of nitrogens with two attached hydrogens (primary N) is 1. The average molecular weight is 294 g/mol. The lowest BCUT2D eigenvalue weighted by Gasteiger charge is -2.20. The lowest BCUT2D eigenvalue weighted by Crippen LogP contribution is -2.21. The Bertz CT molecular complexity index is 591. The van der Waals surface area contributed by atoms with Gasteiger partial charge in [-0.2, -0.15) is 13.2 Å². The Hall–Kier alpha value is -2.01. The molecule has 3 N–H and O–H groups in total. The molecule has 2 rings (SSSR count). The Labute approximate surface area is 121 Å². The van der Waals surface area contributed by atoms with Crippen LogP contribution in [-0.4, -0.2) is 6.54 Å². The van der Waals surface area contributed by atoms with Crippen LogP contribution in [0.5, 0.6) is 0 Å². The molecule has 1 atom stereocenters. The fourth-order valence-corrected chi connectivity index (χ4v) is 2.11. The zero-order valence-corrected chi connectivity index (χ0v) is 11.6. The first-order valence-electron chi connectivity index (χ1n) is 6.61. The van der Waals surface area contributed by atoms with Gasteiger partial charge < -0.3 is 11.1 Å². The molecule has 0 aliphatic rings. The second kappa shape index (κ2) is 6.18. The smallest absolute Gasteiger partial charge is 0.377 e. The molecule has 0 radical (unpaired) electrons. The van der Waals surface area contributed by atoms with E-state index in [9.17, 15) is 13.2 Å². The maximum absolute atomic E-state index is 12.6. The van der Waals surface area contributed by atoms with Gasteiger partial charge in [-0.05, 0) is 36.2 Å². The lowest BCUT2D eigenvalue weighted by molar-refractivity contribution is -0.137. The Morgan fingerprint density at radius 3 is 2.19 bits per heavy atom. The van der Waals surface area contributed by atoms with Crippen molar-refractivity contribution in [3.05, 3.63) is 65.2 Å². The summed E-state index contributed by atoms with van der Waals surface area (Å²) in [7, 11) is 0. The first-order valence-corrected chi connectivity index (χ1v) is 6.61. The first-order chi connectivity index (χ1) is 9.91. The van der Waals surface area contributed by atoms with E-state index in [1.54, 1.807) is 0 Å². The largest absolute Gasteiger partial charge is 0.416 e. The van der Waals surface area contributed by atoms with E-state index < -0.39 is 11.7 Å². The van der Waals surface area contributed by atoms with Crippen molar-refractivity contribution in [2.24, 2.45) is 5.73 Å². The molecule has 21 heavy (non-hydrogen) atoms. The van der Waals surface area contributed by atoms with Crippen LogP contribution in [-0.2, 0) is 6.18 Å². The van der Waals surface area contributed by atoms with E-state index in [-0.39, 0.29) is 6.04 Å². The van der Waals surface area contributed by atoms with E-state index in [1.807, 2.05) is 31.2 Å². The molecule has 0 saturated carbocycles. The minimum absolute atomic E-state index is 0.228. The average Bonchev–Trinajstić information content (AvgIpc) is 2.46. The van der Waals surface area contributed by atoms with Crippen molar-refractivity contribution < 1.29 is 13.2 Å². The van der Waals surface area contributed by atoms with Gasteiger partial charge in [-0.25, -0.2) is 0 Å². The number of hydrogen-bond acceptors (Lipinski definition) is 2. The molecule has 112 valence electrons.